The zero-order valence-corrected chi connectivity index (χ0v) is 17.0. The lowest BCUT2D eigenvalue weighted by atomic mass is 9.77. The van der Waals surface area contributed by atoms with Gasteiger partial charge in [0.05, 0.1) is 21.3 Å². The van der Waals surface area contributed by atoms with Crippen molar-refractivity contribution in [2.75, 3.05) is 23.7 Å². The molecule has 0 atom stereocenters. The SMILES string of the molecule is Cc1c(N2CCC3(CCCC3)CC2)nc(N)n(-c2cccc(Cl)c2Cl)c1=O. The third-order valence-electron chi connectivity index (χ3n) is 6.27. The summed E-state index contributed by atoms with van der Waals surface area (Å²) in [5.74, 6) is 0.825. The van der Waals surface area contributed by atoms with E-state index < -0.39 is 0 Å². The maximum atomic E-state index is 13.1. The van der Waals surface area contributed by atoms with Gasteiger partial charge in [0.1, 0.15) is 5.82 Å². The van der Waals surface area contributed by atoms with Crippen LogP contribution in [-0.2, 0) is 0 Å². The average Bonchev–Trinajstić information content (AvgIpc) is 3.11. The summed E-state index contributed by atoms with van der Waals surface area (Å²) in [5, 5.41) is 0.670. The van der Waals surface area contributed by atoms with E-state index in [1.807, 2.05) is 0 Å². The highest BCUT2D eigenvalue weighted by Crippen LogP contribution is 2.46. The van der Waals surface area contributed by atoms with Crippen LogP contribution in [0.25, 0.3) is 5.69 Å². The van der Waals surface area contributed by atoms with Gasteiger partial charge in [-0.3, -0.25) is 4.79 Å². The minimum Gasteiger partial charge on any atom is -0.369 e. The Hall–Kier alpha value is -1.72. The molecule has 1 aliphatic carbocycles. The fourth-order valence-electron chi connectivity index (χ4n) is 4.63. The summed E-state index contributed by atoms with van der Waals surface area (Å²) >= 11 is 12.4. The summed E-state index contributed by atoms with van der Waals surface area (Å²) in [5.41, 5.74) is 7.54. The number of halogens is 2. The predicted molar refractivity (Wildman–Crippen MR) is 111 cm³/mol. The first-order valence-corrected chi connectivity index (χ1v) is 10.3. The molecule has 1 saturated carbocycles. The molecule has 1 aromatic heterocycles. The maximum absolute atomic E-state index is 13.1. The first kappa shape index (κ1) is 18.6. The summed E-state index contributed by atoms with van der Waals surface area (Å²) in [6.45, 7) is 3.66. The van der Waals surface area contributed by atoms with Gasteiger partial charge in [0.15, 0.2) is 0 Å². The minimum atomic E-state index is -0.206. The Bertz CT molecular complexity index is 924. The zero-order chi connectivity index (χ0) is 19.2. The van der Waals surface area contributed by atoms with Crippen LogP contribution in [0.5, 0.6) is 0 Å². The number of aromatic nitrogens is 2. The van der Waals surface area contributed by atoms with Gasteiger partial charge in [0.25, 0.3) is 5.56 Å². The lowest BCUT2D eigenvalue weighted by Crippen LogP contribution is -2.41. The number of anilines is 2. The maximum Gasteiger partial charge on any atom is 0.264 e. The molecule has 1 aromatic carbocycles. The molecule has 7 heteroatoms. The number of nitrogens with two attached hydrogens (primary N) is 1. The summed E-state index contributed by atoms with van der Waals surface area (Å²) in [6, 6.07) is 5.14. The number of nitrogens with zero attached hydrogens (tertiary/aromatic N) is 3. The van der Waals surface area contributed by atoms with E-state index in [-0.39, 0.29) is 11.5 Å². The van der Waals surface area contributed by atoms with Crippen LogP contribution in [0.2, 0.25) is 10.0 Å². The Labute approximate surface area is 169 Å². The van der Waals surface area contributed by atoms with Gasteiger partial charge >= 0.3 is 0 Å². The molecule has 2 N–H and O–H groups in total. The molecule has 2 aliphatic rings. The van der Waals surface area contributed by atoms with Gasteiger partial charge in [-0.15, -0.1) is 0 Å². The topological polar surface area (TPSA) is 64.2 Å². The van der Waals surface area contributed by atoms with Gasteiger partial charge in [-0.25, -0.2) is 4.57 Å². The molecule has 4 rings (SSSR count). The van der Waals surface area contributed by atoms with Crippen LogP contribution in [0.15, 0.2) is 23.0 Å². The summed E-state index contributed by atoms with van der Waals surface area (Å²) in [6.07, 6.45) is 7.70. The molecule has 0 radical (unpaired) electrons. The molecule has 1 spiro atoms. The summed E-state index contributed by atoms with van der Waals surface area (Å²) < 4.78 is 1.34. The molecule has 1 aliphatic heterocycles. The van der Waals surface area contributed by atoms with Crippen LogP contribution in [0.4, 0.5) is 11.8 Å². The van der Waals surface area contributed by atoms with Gasteiger partial charge in [0, 0.05) is 13.1 Å². The molecule has 144 valence electrons. The number of hydrogen-bond donors (Lipinski definition) is 1. The number of benzene rings is 1. The third kappa shape index (κ3) is 3.21. The van der Waals surface area contributed by atoms with Crippen molar-refractivity contribution in [2.45, 2.75) is 45.4 Å². The van der Waals surface area contributed by atoms with Crippen LogP contribution in [0.1, 0.15) is 44.1 Å². The number of hydrogen-bond acceptors (Lipinski definition) is 4. The molecular weight excluding hydrogens is 383 g/mol. The molecule has 27 heavy (non-hydrogen) atoms. The predicted octanol–water partition coefficient (Wildman–Crippen LogP) is 4.59. The van der Waals surface area contributed by atoms with E-state index in [1.54, 1.807) is 25.1 Å². The molecule has 2 heterocycles. The second kappa shape index (κ2) is 7.02. The van der Waals surface area contributed by atoms with Gasteiger partial charge in [-0.1, -0.05) is 42.1 Å². The monoisotopic (exact) mass is 406 g/mol. The van der Waals surface area contributed by atoms with Gasteiger partial charge in [-0.2, -0.15) is 4.98 Å². The second-order valence-corrected chi connectivity index (χ2v) is 8.61. The highest BCUT2D eigenvalue weighted by atomic mass is 35.5. The van der Waals surface area contributed by atoms with Crippen molar-refractivity contribution in [3.8, 4) is 5.69 Å². The van der Waals surface area contributed by atoms with E-state index in [9.17, 15) is 4.79 Å². The molecule has 0 amide bonds. The largest absolute Gasteiger partial charge is 0.369 e. The lowest BCUT2D eigenvalue weighted by Gasteiger charge is -2.40. The normalized spacial score (nSPS) is 19.0. The molecule has 2 fully saturated rings. The first-order valence-electron chi connectivity index (χ1n) is 9.50. The average molecular weight is 407 g/mol. The van der Waals surface area contributed by atoms with Crippen LogP contribution in [-0.4, -0.2) is 22.6 Å². The quantitative estimate of drug-likeness (QED) is 0.791. The van der Waals surface area contributed by atoms with Crippen LogP contribution >= 0.6 is 23.2 Å². The van der Waals surface area contributed by atoms with Crippen molar-refractivity contribution in [3.63, 3.8) is 0 Å². The van der Waals surface area contributed by atoms with Gasteiger partial charge < -0.3 is 10.6 Å². The molecular formula is C20H24Cl2N4O. The van der Waals surface area contributed by atoms with E-state index >= 15 is 0 Å². The van der Waals surface area contributed by atoms with E-state index in [4.69, 9.17) is 28.9 Å². The first-order chi connectivity index (χ1) is 12.9. The van der Waals surface area contributed by atoms with Gasteiger partial charge in [-0.05, 0) is 50.2 Å². The smallest absolute Gasteiger partial charge is 0.264 e. The van der Waals surface area contributed by atoms with E-state index in [1.165, 1.54) is 30.3 Å². The van der Waals surface area contributed by atoms with E-state index in [0.29, 0.717) is 32.5 Å². The second-order valence-electron chi connectivity index (χ2n) is 7.83. The fraction of sp³-hybridized carbons (Fsp3) is 0.500. The van der Waals surface area contributed by atoms with Crippen molar-refractivity contribution >= 4 is 35.0 Å². The molecule has 2 aromatic rings. The highest BCUT2D eigenvalue weighted by molar-refractivity contribution is 6.43. The fourth-order valence-corrected chi connectivity index (χ4v) is 5.01. The lowest BCUT2D eigenvalue weighted by molar-refractivity contribution is 0.226. The third-order valence-corrected chi connectivity index (χ3v) is 7.08. The summed E-state index contributed by atoms with van der Waals surface area (Å²) in [7, 11) is 0. The Balaban J connectivity index is 1.69. The van der Waals surface area contributed by atoms with Crippen molar-refractivity contribution in [3.05, 3.63) is 44.2 Å². The number of piperidine rings is 1. The van der Waals surface area contributed by atoms with Crippen molar-refractivity contribution in [1.29, 1.82) is 0 Å². The molecule has 1 saturated heterocycles. The Morgan fingerprint density at radius 2 is 1.78 bits per heavy atom. The highest BCUT2D eigenvalue weighted by Gasteiger charge is 2.37. The van der Waals surface area contributed by atoms with Crippen molar-refractivity contribution < 1.29 is 0 Å². The standard InChI is InChI=1S/C20H24Cl2N4O/c1-13-17(25-11-9-20(10-12-25)7-2-3-8-20)24-19(23)26(18(13)27)15-6-4-5-14(21)16(15)22/h4-6H,2-3,7-12H2,1H3,(H2,23,24). The van der Waals surface area contributed by atoms with Crippen LogP contribution in [0, 0.1) is 12.3 Å². The Kier molecular flexibility index (Phi) is 4.85. The number of nitrogen functional groups attached to an aromatic ring is 1. The summed E-state index contributed by atoms with van der Waals surface area (Å²) in [4.78, 5) is 19.9. The number of rotatable bonds is 2. The van der Waals surface area contributed by atoms with Crippen LogP contribution in [0.3, 0.4) is 0 Å². The van der Waals surface area contributed by atoms with Crippen molar-refractivity contribution in [1.82, 2.24) is 9.55 Å². The van der Waals surface area contributed by atoms with Gasteiger partial charge in [0.2, 0.25) is 5.95 Å². The van der Waals surface area contributed by atoms with E-state index in [2.05, 4.69) is 9.88 Å². The van der Waals surface area contributed by atoms with Crippen LogP contribution < -0.4 is 16.2 Å². The molecule has 0 unspecified atom stereocenters. The minimum absolute atomic E-state index is 0.130. The Morgan fingerprint density at radius 3 is 2.44 bits per heavy atom. The molecule has 0 bridgehead atoms. The molecule has 5 nitrogen and oxygen atoms in total. The Morgan fingerprint density at radius 1 is 1.11 bits per heavy atom. The van der Waals surface area contributed by atoms with E-state index in [0.717, 1.165) is 25.9 Å². The van der Waals surface area contributed by atoms with Crippen molar-refractivity contribution in [2.24, 2.45) is 5.41 Å². The zero-order valence-electron chi connectivity index (χ0n) is 15.5.